The van der Waals surface area contributed by atoms with E-state index in [1.54, 1.807) is 0 Å². The Kier molecular flexibility index (Phi) is 9.73. The van der Waals surface area contributed by atoms with Crippen molar-refractivity contribution in [3.8, 4) is 11.5 Å². The summed E-state index contributed by atoms with van der Waals surface area (Å²) in [6, 6.07) is 5.67. The third kappa shape index (κ3) is 8.37. The molecule has 1 aliphatic heterocycles. The van der Waals surface area contributed by atoms with Crippen LogP contribution in [0.5, 0.6) is 11.5 Å². The van der Waals surface area contributed by atoms with E-state index >= 15 is 0 Å². The number of nitrogens with zero attached hydrogens (tertiary/aromatic N) is 1. The first kappa shape index (κ1) is 21.5. The van der Waals surface area contributed by atoms with Crippen LogP contribution < -0.4 is 9.47 Å². The van der Waals surface area contributed by atoms with Gasteiger partial charge in [0.05, 0.1) is 58.5 Å². The third-order valence-electron chi connectivity index (χ3n) is 4.19. The highest BCUT2D eigenvalue weighted by Crippen LogP contribution is 2.32. The molecule has 7 heteroatoms. The van der Waals surface area contributed by atoms with Gasteiger partial charge in [0.1, 0.15) is 13.2 Å². The Labute approximate surface area is 171 Å². The molecule has 0 saturated carbocycles. The summed E-state index contributed by atoms with van der Waals surface area (Å²) in [4.78, 5) is 4.55. The van der Waals surface area contributed by atoms with Gasteiger partial charge in [-0.3, -0.25) is 4.99 Å². The Bertz CT molecular complexity index is 676. The summed E-state index contributed by atoms with van der Waals surface area (Å²) < 4.78 is 33.7. The molecule has 29 heavy (non-hydrogen) atoms. The van der Waals surface area contributed by atoms with Crippen LogP contribution in [0.3, 0.4) is 0 Å². The maximum atomic E-state index is 5.89. The smallest absolute Gasteiger partial charge is 0.163 e. The molecule has 0 radical (unpaired) electrons. The Balaban J connectivity index is 1.58. The van der Waals surface area contributed by atoms with Crippen molar-refractivity contribution in [1.82, 2.24) is 0 Å². The van der Waals surface area contributed by atoms with Crippen LogP contribution in [0.15, 0.2) is 47.5 Å². The average molecular weight is 403 g/mol. The predicted molar refractivity (Wildman–Crippen MR) is 111 cm³/mol. The number of aliphatic imine (C=N–C) groups is 1. The first-order valence-corrected chi connectivity index (χ1v) is 10.0. The quantitative estimate of drug-likeness (QED) is 0.708. The van der Waals surface area contributed by atoms with Crippen molar-refractivity contribution in [3.05, 3.63) is 42.5 Å². The molecular formula is C22H29NO6. The monoisotopic (exact) mass is 403 g/mol. The first-order valence-electron chi connectivity index (χ1n) is 10.0. The fourth-order valence-corrected chi connectivity index (χ4v) is 2.71. The van der Waals surface area contributed by atoms with Crippen LogP contribution >= 0.6 is 0 Å². The number of hydrogen-bond acceptors (Lipinski definition) is 7. The minimum absolute atomic E-state index is 0.235. The fourth-order valence-electron chi connectivity index (χ4n) is 2.71. The lowest BCUT2D eigenvalue weighted by atomic mass is 10.2. The maximum absolute atomic E-state index is 5.89. The van der Waals surface area contributed by atoms with E-state index in [0.717, 1.165) is 5.69 Å². The number of fused-ring (bicyclic) bond motifs is 1. The molecule has 0 N–H and O–H groups in total. The van der Waals surface area contributed by atoms with Crippen LogP contribution in [0.1, 0.15) is 0 Å². The van der Waals surface area contributed by atoms with E-state index in [9.17, 15) is 0 Å². The van der Waals surface area contributed by atoms with Gasteiger partial charge in [0, 0.05) is 18.2 Å². The molecular weight excluding hydrogens is 374 g/mol. The molecule has 1 heterocycles. The van der Waals surface area contributed by atoms with Crippen LogP contribution in [0, 0.1) is 5.92 Å². The van der Waals surface area contributed by atoms with Crippen LogP contribution in [0.2, 0.25) is 0 Å². The van der Waals surface area contributed by atoms with E-state index in [4.69, 9.17) is 28.4 Å². The van der Waals surface area contributed by atoms with Crippen LogP contribution in [-0.4, -0.2) is 72.3 Å². The molecule has 1 aliphatic carbocycles. The zero-order chi connectivity index (χ0) is 20.0. The second kappa shape index (κ2) is 13.1. The minimum Gasteiger partial charge on any atom is -0.487 e. The Hall–Kier alpha value is -2.19. The molecule has 2 aliphatic rings. The number of allylic oxidation sites excluding steroid dienone is 4. The summed E-state index contributed by atoms with van der Waals surface area (Å²) in [5.74, 6) is 1.54. The second-order valence-corrected chi connectivity index (χ2v) is 6.40. The number of ether oxygens (including phenoxy) is 6. The van der Waals surface area contributed by atoms with Crippen molar-refractivity contribution < 1.29 is 28.4 Å². The van der Waals surface area contributed by atoms with E-state index in [-0.39, 0.29) is 5.92 Å². The predicted octanol–water partition coefficient (Wildman–Crippen LogP) is 2.97. The van der Waals surface area contributed by atoms with E-state index in [2.05, 4.69) is 17.1 Å². The molecule has 0 saturated heterocycles. The highest BCUT2D eigenvalue weighted by atomic mass is 16.6. The molecule has 1 aromatic rings. The Morgan fingerprint density at radius 2 is 1.17 bits per heavy atom. The lowest BCUT2D eigenvalue weighted by molar-refractivity contribution is -0.00841. The van der Waals surface area contributed by atoms with Gasteiger partial charge in [0.15, 0.2) is 11.5 Å². The van der Waals surface area contributed by atoms with Gasteiger partial charge in [-0.25, -0.2) is 0 Å². The van der Waals surface area contributed by atoms with Crippen LogP contribution in [0.4, 0.5) is 5.69 Å². The van der Waals surface area contributed by atoms with Gasteiger partial charge in [-0.05, 0) is 12.1 Å². The SMILES string of the molecule is C1=CC(C=Nc2ccc3c(c2)OCCOCCOCCOCCOCCO3)C=C1. The summed E-state index contributed by atoms with van der Waals surface area (Å²) in [6.45, 7) is 4.98. The molecule has 7 nitrogen and oxygen atoms in total. The van der Waals surface area contributed by atoms with Gasteiger partial charge in [-0.2, -0.15) is 0 Å². The van der Waals surface area contributed by atoms with Crippen molar-refractivity contribution in [2.45, 2.75) is 0 Å². The topological polar surface area (TPSA) is 67.7 Å². The lowest BCUT2D eigenvalue weighted by Crippen LogP contribution is -2.15. The van der Waals surface area contributed by atoms with Crippen LogP contribution in [-0.2, 0) is 18.9 Å². The molecule has 0 bridgehead atoms. The summed E-state index contributed by atoms with van der Waals surface area (Å²) in [7, 11) is 0. The Morgan fingerprint density at radius 1 is 0.655 bits per heavy atom. The molecule has 3 rings (SSSR count). The lowest BCUT2D eigenvalue weighted by Gasteiger charge is -2.14. The van der Waals surface area contributed by atoms with E-state index in [1.807, 2.05) is 36.6 Å². The number of benzene rings is 1. The molecule has 0 spiro atoms. The summed E-state index contributed by atoms with van der Waals surface area (Å²) in [5, 5.41) is 0. The van der Waals surface area contributed by atoms with Gasteiger partial charge in [-0.15, -0.1) is 0 Å². The van der Waals surface area contributed by atoms with Crippen molar-refractivity contribution in [2.75, 3.05) is 66.1 Å². The summed E-state index contributed by atoms with van der Waals surface area (Å²) >= 11 is 0. The molecule has 0 aromatic heterocycles. The zero-order valence-corrected chi connectivity index (χ0v) is 16.7. The molecule has 0 unspecified atom stereocenters. The third-order valence-corrected chi connectivity index (χ3v) is 4.19. The molecule has 1 aromatic carbocycles. The number of rotatable bonds is 2. The highest BCUT2D eigenvalue weighted by Gasteiger charge is 2.08. The van der Waals surface area contributed by atoms with Gasteiger partial charge in [0.25, 0.3) is 0 Å². The molecule has 0 fully saturated rings. The van der Waals surface area contributed by atoms with E-state index in [1.165, 1.54) is 0 Å². The number of hydrogen-bond donors (Lipinski definition) is 0. The van der Waals surface area contributed by atoms with Gasteiger partial charge in [0.2, 0.25) is 0 Å². The van der Waals surface area contributed by atoms with Crippen molar-refractivity contribution in [2.24, 2.45) is 10.9 Å². The van der Waals surface area contributed by atoms with Crippen LogP contribution in [0.25, 0.3) is 0 Å². The van der Waals surface area contributed by atoms with E-state index in [0.29, 0.717) is 77.6 Å². The summed E-state index contributed by atoms with van der Waals surface area (Å²) in [6.07, 6.45) is 10.1. The largest absolute Gasteiger partial charge is 0.487 e. The zero-order valence-electron chi connectivity index (χ0n) is 16.7. The van der Waals surface area contributed by atoms with E-state index < -0.39 is 0 Å². The van der Waals surface area contributed by atoms with Crippen molar-refractivity contribution >= 4 is 11.9 Å². The molecule has 0 atom stereocenters. The van der Waals surface area contributed by atoms with Gasteiger partial charge < -0.3 is 28.4 Å². The maximum Gasteiger partial charge on any atom is 0.163 e. The average Bonchev–Trinajstić information content (AvgIpc) is 3.26. The van der Waals surface area contributed by atoms with Crippen molar-refractivity contribution in [3.63, 3.8) is 0 Å². The summed E-state index contributed by atoms with van der Waals surface area (Å²) in [5.41, 5.74) is 0.811. The van der Waals surface area contributed by atoms with Crippen molar-refractivity contribution in [1.29, 1.82) is 0 Å². The van der Waals surface area contributed by atoms with Gasteiger partial charge >= 0.3 is 0 Å². The first-order chi connectivity index (χ1) is 14.4. The highest BCUT2D eigenvalue weighted by molar-refractivity contribution is 5.71. The second-order valence-electron chi connectivity index (χ2n) is 6.40. The normalized spacial score (nSPS) is 20.6. The standard InChI is InChI=1S/C22H29NO6/c1-2-4-19(3-1)18-23-20-5-6-21-22(17-20)29-16-14-27-12-10-25-8-7-24-9-11-26-13-15-28-21/h1-6,17-19H,7-16H2. The Morgan fingerprint density at radius 3 is 1.76 bits per heavy atom. The minimum atomic E-state index is 0.235. The molecule has 0 amide bonds. The fraction of sp³-hybridized carbons (Fsp3) is 0.500. The van der Waals surface area contributed by atoms with Gasteiger partial charge in [-0.1, -0.05) is 24.3 Å². The molecule has 158 valence electrons.